The third kappa shape index (κ3) is 4.49. The predicted octanol–water partition coefficient (Wildman–Crippen LogP) is -0.765. The van der Waals surface area contributed by atoms with Crippen LogP contribution in [0.5, 0.6) is 0 Å². The molecule has 0 saturated carbocycles. The predicted molar refractivity (Wildman–Crippen MR) is 62.1 cm³/mol. The Bertz CT molecular complexity index is 369. The number of ether oxygens (including phenoxy) is 1. The zero-order valence-electron chi connectivity index (χ0n) is 10.4. The zero-order chi connectivity index (χ0) is 12.9. The summed E-state index contributed by atoms with van der Waals surface area (Å²) < 4.78 is 6.29. The fourth-order valence-electron chi connectivity index (χ4n) is 1.17. The number of amides is 1. The van der Waals surface area contributed by atoms with Gasteiger partial charge in [-0.25, -0.2) is 4.68 Å². The molecular weight excluding hydrogens is 222 g/mol. The van der Waals surface area contributed by atoms with Gasteiger partial charge in [-0.15, -0.1) is 5.10 Å². The third-order valence-corrected chi connectivity index (χ3v) is 2.13. The second-order valence-corrected chi connectivity index (χ2v) is 4.37. The lowest BCUT2D eigenvalue weighted by Gasteiger charge is -2.13. The molecule has 0 bridgehead atoms. The summed E-state index contributed by atoms with van der Waals surface area (Å²) in [5.74, 6) is -0.131. The van der Waals surface area contributed by atoms with Gasteiger partial charge in [0.05, 0.1) is 18.3 Å². The topological polar surface area (TPSA) is 95.1 Å². The molecule has 0 saturated heterocycles. The van der Waals surface area contributed by atoms with Gasteiger partial charge in [-0.05, 0) is 13.8 Å². The van der Waals surface area contributed by atoms with E-state index in [1.54, 1.807) is 13.3 Å². The summed E-state index contributed by atoms with van der Waals surface area (Å²) in [7, 11) is 1.58. The molecule has 0 atom stereocenters. The molecule has 0 unspecified atom stereocenters. The summed E-state index contributed by atoms with van der Waals surface area (Å²) in [6.07, 6.45) is 1.68. The number of rotatable bonds is 6. The molecule has 0 fully saturated rings. The third-order valence-electron chi connectivity index (χ3n) is 2.13. The molecule has 1 aromatic rings. The molecule has 7 heteroatoms. The number of nitrogens with one attached hydrogen (secondary N) is 1. The van der Waals surface area contributed by atoms with Crippen LogP contribution in [-0.2, 0) is 21.6 Å². The van der Waals surface area contributed by atoms with Gasteiger partial charge >= 0.3 is 0 Å². The number of hydrogen-bond acceptors (Lipinski definition) is 5. The number of nitrogens with two attached hydrogens (primary N) is 1. The summed E-state index contributed by atoms with van der Waals surface area (Å²) in [6, 6.07) is 0. The number of hydrogen-bond donors (Lipinski definition) is 2. The number of carbonyl (C=O) groups is 1. The van der Waals surface area contributed by atoms with Crippen LogP contribution in [0.15, 0.2) is 6.20 Å². The van der Waals surface area contributed by atoms with E-state index in [9.17, 15) is 4.79 Å². The monoisotopic (exact) mass is 241 g/mol. The van der Waals surface area contributed by atoms with Crippen molar-refractivity contribution in [3.05, 3.63) is 11.9 Å². The van der Waals surface area contributed by atoms with Crippen molar-refractivity contribution in [2.75, 3.05) is 20.3 Å². The molecule has 1 amide bonds. The highest BCUT2D eigenvalue weighted by molar-refractivity contribution is 5.75. The summed E-state index contributed by atoms with van der Waals surface area (Å²) in [6.45, 7) is 4.77. The maximum absolute atomic E-state index is 11.5. The van der Waals surface area contributed by atoms with E-state index in [2.05, 4.69) is 15.6 Å². The first kappa shape index (κ1) is 13.6. The van der Waals surface area contributed by atoms with Gasteiger partial charge in [-0.3, -0.25) is 4.79 Å². The van der Waals surface area contributed by atoms with Crippen molar-refractivity contribution >= 4 is 5.91 Å². The Morgan fingerprint density at radius 2 is 2.35 bits per heavy atom. The molecule has 1 heterocycles. The highest BCUT2D eigenvalue weighted by Gasteiger charge is 2.18. The van der Waals surface area contributed by atoms with Gasteiger partial charge in [0, 0.05) is 13.7 Å². The molecule has 96 valence electrons. The van der Waals surface area contributed by atoms with Crippen molar-refractivity contribution in [1.82, 2.24) is 20.3 Å². The zero-order valence-corrected chi connectivity index (χ0v) is 10.4. The number of methoxy groups -OCH3 is 1. The molecule has 0 aliphatic rings. The van der Waals surface area contributed by atoms with Crippen LogP contribution < -0.4 is 11.1 Å². The van der Waals surface area contributed by atoms with E-state index in [1.807, 2.05) is 13.8 Å². The first-order valence-electron chi connectivity index (χ1n) is 5.38. The van der Waals surface area contributed by atoms with Crippen molar-refractivity contribution in [3.8, 4) is 0 Å². The van der Waals surface area contributed by atoms with E-state index in [0.29, 0.717) is 18.8 Å². The average Bonchev–Trinajstić information content (AvgIpc) is 2.66. The summed E-state index contributed by atoms with van der Waals surface area (Å²) in [4.78, 5) is 11.5. The minimum Gasteiger partial charge on any atom is -0.383 e. The smallest absolute Gasteiger partial charge is 0.241 e. The Balaban J connectivity index is 2.46. The Morgan fingerprint density at radius 1 is 1.65 bits per heavy atom. The Kier molecular flexibility index (Phi) is 4.59. The lowest BCUT2D eigenvalue weighted by atomic mass is 10.0. The van der Waals surface area contributed by atoms with Gasteiger partial charge in [0.25, 0.3) is 0 Å². The average molecular weight is 241 g/mol. The van der Waals surface area contributed by atoms with Gasteiger partial charge in [-0.2, -0.15) is 0 Å². The van der Waals surface area contributed by atoms with E-state index < -0.39 is 5.54 Å². The molecule has 0 aliphatic heterocycles. The van der Waals surface area contributed by atoms with Crippen molar-refractivity contribution in [2.45, 2.75) is 25.9 Å². The Morgan fingerprint density at radius 3 is 2.88 bits per heavy atom. The molecule has 0 aliphatic carbocycles. The fourth-order valence-corrected chi connectivity index (χ4v) is 1.17. The minimum atomic E-state index is -0.551. The second-order valence-electron chi connectivity index (χ2n) is 4.37. The van der Waals surface area contributed by atoms with Crippen LogP contribution >= 0.6 is 0 Å². The largest absolute Gasteiger partial charge is 0.383 e. The van der Waals surface area contributed by atoms with E-state index in [1.165, 1.54) is 4.68 Å². The molecule has 0 aromatic carbocycles. The molecule has 17 heavy (non-hydrogen) atoms. The van der Waals surface area contributed by atoms with E-state index in [0.717, 1.165) is 0 Å². The molecule has 1 aromatic heterocycles. The molecular formula is C10H19N5O2. The fraction of sp³-hybridized carbons (Fsp3) is 0.700. The van der Waals surface area contributed by atoms with Crippen LogP contribution in [0.25, 0.3) is 0 Å². The first-order valence-corrected chi connectivity index (χ1v) is 5.38. The number of nitrogens with zero attached hydrogens (tertiary/aromatic N) is 3. The van der Waals surface area contributed by atoms with Crippen LogP contribution in [0.3, 0.4) is 0 Å². The van der Waals surface area contributed by atoms with E-state index in [-0.39, 0.29) is 12.5 Å². The van der Waals surface area contributed by atoms with E-state index in [4.69, 9.17) is 10.5 Å². The molecule has 0 spiro atoms. The lowest BCUT2D eigenvalue weighted by Crippen LogP contribution is -2.30. The maximum Gasteiger partial charge on any atom is 0.241 e. The summed E-state index contributed by atoms with van der Waals surface area (Å²) in [5.41, 5.74) is 5.97. The summed E-state index contributed by atoms with van der Waals surface area (Å²) >= 11 is 0. The summed E-state index contributed by atoms with van der Waals surface area (Å²) in [5, 5.41) is 10.5. The Hall–Kier alpha value is -1.47. The van der Waals surface area contributed by atoms with Gasteiger partial charge < -0.3 is 15.8 Å². The first-order chi connectivity index (χ1) is 7.93. The van der Waals surface area contributed by atoms with E-state index >= 15 is 0 Å². The highest BCUT2D eigenvalue weighted by Crippen LogP contribution is 2.12. The molecule has 0 radical (unpaired) electrons. The molecule has 3 N–H and O–H groups in total. The SMILES string of the molecule is COCCNC(=O)Cn1cc(C(C)(C)N)nn1. The van der Waals surface area contributed by atoms with Crippen molar-refractivity contribution < 1.29 is 9.53 Å². The second kappa shape index (κ2) is 5.74. The van der Waals surface area contributed by atoms with Crippen molar-refractivity contribution in [2.24, 2.45) is 5.73 Å². The van der Waals surface area contributed by atoms with Crippen molar-refractivity contribution in [3.63, 3.8) is 0 Å². The molecule has 7 nitrogen and oxygen atoms in total. The standard InChI is InChI=1S/C10H19N5O2/c1-10(2,11)8-6-15(14-13-8)7-9(16)12-4-5-17-3/h6H,4-5,7,11H2,1-3H3,(H,12,16). The number of carbonyl (C=O) groups excluding carboxylic acids is 1. The Labute approximate surface area is 100 Å². The van der Waals surface area contributed by atoms with Crippen LogP contribution in [0.4, 0.5) is 0 Å². The van der Waals surface area contributed by atoms with Gasteiger partial charge in [-0.1, -0.05) is 5.21 Å². The highest BCUT2D eigenvalue weighted by atomic mass is 16.5. The number of aromatic nitrogens is 3. The molecule has 1 rings (SSSR count). The van der Waals surface area contributed by atoms with Crippen LogP contribution in [0, 0.1) is 0 Å². The van der Waals surface area contributed by atoms with Crippen LogP contribution in [0.2, 0.25) is 0 Å². The maximum atomic E-state index is 11.5. The quantitative estimate of drug-likeness (QED) is 0.638. The van der Waals surface area contributed by atoms with Gasteiger partial charge in [0.2, 0.25) is 5.91 Å². The van der Waals surface area contributed by atoms with Gasteiger partial charge in [0.15, 0.2) is 0 Å². The lowest BCUT2D eigenvalue weighted by molar-refractivity contribution is -0.122. The van der Waals surface area contributed by atoms with Gasteiger partial charge in [0.1, 0.15) is 12.2 Å². The van der Waals surface area contributed by atoms with Crippen LogP contribution in [-0.4, -0.2) is 41.2 Å². The van der Waals surface area contributed by atoms with Crippen molar-refractivity contribution in [1.29, 1.82) is 0 Å². The van der Waals surface area contributed by atoms with Crippen LogP contribution in [0.1, 0.15) is 19.5 Å². The normalized spacial score (nSPS) is 11.5. The minimum absolute atomic E-state index is 0.131.